The molecule has 4 saturated carbocycles. The molecule has 4 aliphatic carbocycles. The number of aliphatic carboxylic acids is 1. The minimum absolute atomic E-state index is 0.0811. The van der Waals surface area contributed by atoms with Crippen molar-refractivity contribution in [3.8, 4) is 0 Å². The van der Waals surface area contributed by atoms with Gasteiger partial charge in [0.2, 0.25) is 11.8 Å². The van der Waals surface area contributed by atoms with Crippen molar-refractivity contribution in [2.24, 2.45) is 5.41 Å². The third-order valence-electron chi connectivity index (χ3n) is 11.3. The summed E-state index contributed by atoms with van der Waals surface area (Å²) in [5.41, 5.74) is -2.12. The summed E-state index contributed by atoms with van der Waals surface area (Å²) in [6.07, 6.45) is 8.73. The monoisotopic (exact) mass is 614 g/mol. The Balaban J connectivity index is 1.37. The van der Waals surface area contributed by atoms with Crippen molar-refractivity contribution >= 4 is 46.7 Å². The van der Waals surface area contributed by atoms with E-state index in [4.69, 9.17) is 23.2 Å². The fourth-order valence-electron chi connectivity index (χ4n) is 9.13. The van der Waals surface area contributed by atoms with Crippen molar-refractivity contribution < 1.29 is 23.9 Å². The summed E-state index contributed by atoms with van der Waals surface area (Å²) in [6.45, 7) is 0. The zero-order valence-electron chi connectivity index (χ0n) is 23.1. The van der Waals surface area contributed by atoms with Crippen LogP contribution in [0.15, 0.2) is 30.5 Å². The van der Waals surface area contributed by atoms with Gasteiger partial charge in [-0.2, -0.15) is 0 Å². The number of rotatable bonds is 4. The standard InChI is InChI=1S/C31H33Cl2FN4O4/c32-19-6-4-5-17(23(19)34)22-24(25(39)38-29-12-9-28(10-13-29,11-14-29)27(41)42)37-30(7-2-1-3-8-30)31(22)18-16-35-21(33)15-20(18)36-26(31)40/h4-6,15-16,22,24,37H,1-3,7-14H2,(H,36,40)(H,38,39)(H,41,42)/t22-,24+,28?,29?,31+/m0/s1. The van der Waals surface area contributed by atoms with Gasteiger partial charge in [-0.25, -0.2) is 9.37 Å². The first-order valence-electron chi connectivity index (χ1n) is 14.8. The maximum absolute atomic E-state index is 16.1. The first-order chi connectivity index (χ1) is 20.1. The molecule has 0 radical (unpaired) electrons. The second-order valence-electron chi connectivity index (χ2n) is 13.1. The number of aromatic nitrogens is 1. The van der Waals surface area contributed by atoms with Crippen LogP contribution in [0.2, 0.25) is 10.2 Å². The van der Waals surface area contributed by atoms with E-state index in [9.17, 15) is 19.5 Å². The number of benzene rings is 1. The van der Waals surface area contributed by atoms with Crippen LogP contribution in [0.5, 0.6) is 0 Å². The summed E-state index contributed by atoms with van der Waals surface area (Å²) in [5.74, 6) is -2.97. The van der Waals surface area contributed by atoms with Gasteiger partial charge in [0.1, 0.15) is 16.4 Å². The van der Waals surface area contributed by atoms with E-state index in [2.05, 4.69) is 20.9 Å². The van der Waals surface area contributed by atoms with Gasteiger partial charge in [-0.1, -0.05) is 54.6 Å². The average molecular weight is 616 g/mol. The van der Waals surface area contributed by atoms with Crippen LogP contribution >= 0.6 is 23.2 Å². The molecule has 4 N–H and O–H groups in total. The molecule has 2 amide bonds. The van der Waals surface area contributed by atoms with Crippen LogP contribution in [-0.4, -0.2) is 45.0 Å². The number of nitrogens with zero attached hydrogens (tertiary/aromatic N) is 1. The van der Waals surface area contributed by atoms with Crippen molar-refractivity contribution in [1.29, 1.82) is 0 Å². The molecule has 42 heavy (non-hydrogen) atoms. The molecule has 8 nitrogen and oxygen atoms in total. The van der Waals surface area contributed by atoms with Crippen LogP contribution in [0, 0.1) is 11.2 Å². The Morgan fingerprint density at radius 3 is 2.38 bits per heavy atom. The molecule has 6 aliphatic rings. The second kappa shape index (κ2) is 9.63. The quantitative estimate of drug-likeness (QED) is 0.339. The van der Waals surface area contributed by atoms with Crippen LogP contribution in [0.4, 0.5) is 10.1 Å². The normalized spacial score (nSPS) is 34.4. The molecule has 2 spiro atoms. The number of amides is 2. The van der Waals surface area contributed by atoms with E-state index in [-0.39, 0.29) is 27.6 Å². The molecule has 5 fully saturated rings. The number of nitrogens with one attached hydrogen (secondary N) is 3. The molecule has 222 valence electrons. The fourth-order valence-corrected chi connectivity index (χ4v) is 9.47. The van der Waals surface area contributed by atoms with Crippen molar-refractivity contribution in [3.05, 3.63) is 57.6 Å². The number of carbonyl (C=O) groups excluding carboxylic acids is 2. The van der Waals surface area contributed by atoms with Gasteiger partial charge in [0.25, 0.3) is 0 Å². The topological polar surface area (TPSA) is 120 Å². The maximum atomic E-state index is 16.1. The first kappa shape index (κ1) is 28.0. The van der Waals surface area contributed by atoms with E-state index < -0.39 is 45.7 Å². The number of carboxylic acid groups (broad SMARTS) is 1. The van der Waals surface area contributed by atoms with Crippen molar-refractivity contribution in [3.63, 3.8) is 0 Å². The second-order valence-corrected chi connectivity index (χ2v) is 13.8. The highest BCUT2D eigenvalue weighted by molar-refractivity contribution is 6.31. The highest BCUT2D eigenvalue weighted by Crippen LogP contribution is 2.63. The molecule has 11 heteroatoms. The molecule has 3 atom stereocenters. The largest absolute Gasteiger partial charge is 0.481 e. The fraction of sp³-hybridized carbons (Fsp3) is 0.548. The highest BCUT2D eigenvalue weighted by Gasteiger charge is 2.72. The van der Waals surface area contributed by atoms with Gasteiger partial charge in [-0.3, -0.25) is 19.7 Å². The van der Waals surface area contributed by atoms with E-state index in [0.717, 1.165) is 19.3 Å². The Morgan fingerprint density at radius 1 is 1.02 bits per heavy atom. The lowest BCUT2D eigenvalue weighted by Gasteiger charge is -2.52. The van der Waals surface area contributed by atoms with Crippen molar-refractivity contribution in [2.75, 3.05) is 5.32 Å². The van der Waals surface area contributed by atoms with E-state index in [1.54, 1.807) is 24.4 Å². The molecule has 2 bridgehead atoms. The van der Waals surface area contributed by atoms with Crippen molar-refractivity contribution in [2.45, 2.75) is 99.1 Å². The third kappa shape index (κ3) is 3.75. The number of hydrogen-bond acceptors (Lipinski definition) is 5. The number of pyridine rings is 1. The maximum Gasteiger partial charge on any atom is 0.309 e. The number of carboxylic acids is 1. The predicted octanol–water partition coefficient (Wildman–Crippen LogP) is 5.47. The SMILES string of the molecule is O=C(NC12CCC(C(=O)O)(CC1)CC2)[C@@H]1NC2(CCCCC2)[C@@]2(C(=O)Nc3cc(Cl)ncc32)[C@H]1c1cccc(Cl)c1F. The van der Waals surface area contributed by atoms with Crippen LogP contribution in [0.25, 0.3) is 0 Å². The third-order valence-corrected chi connectivity index (χ3v) is 11.8. The van der Waals surface area contributed by atoms with Crippen molar-refractivity contribution in [1.82, 2.24) is 15.6 Å². The van der Waals surface area contributed by atoms with Gasteiger partial charge in [0, 0.05) is 34.4 Å². The first-order valence-corrected chi connectivity index (χ1v) is 15.6. The number of hydrogen-bond donors (Lipinski definition) is 4. The van der Waals surface area contributed by atoms with Crippen LogP contribution in [0.1, 0.15) is 87.7 Å². The Kier molecular flexibility index (Phi) is 6.43. The van der Waals surface area contributed by atoms with Crippen LogP contribution in [-0.2, 0) is 19.8 Å². The van der Waals surface area contributed by atoms with Gasteiger partial charge in [0.15, 0.2) is 0 Å². The Bertz CT molecular complexity index is 1490. The van der Waals surface area contributed by atoms with E-state index in [0.29, 0.717) is 62.6 Å². The highest BCUT2D eigenvalue weighted by atomic mass is 35.5. The van der Waals surface area contributed by atoms with Gasteiger partial charge < -0.3 is 15.7 Å². The molecule has 2 aliphatic heterocycles. The zero-order chi connectivity index (χ0) is 29.5. The van der Waals surface area contributed by atoms with Gasteiger partial charge in [-0.15, -0.1) is 0 Å². The van der Waals surface area contributed by atoms with E-state index in [1.807, 2.05) is 0 Å². The molecule has 1 saturated heterocycles. The molecule has 3 heterocycles. The summed E-state index contributed by atoms with van der Waals surface area (Å²) in [5, 5.41) is 20.0. The Hall–Kier alpha value is -2.75. The zero-order valence-corrected chi connectivity index (χ0v) is 24.6. The van der Waals surface area contributed by atoms with Crippen LogP contribution < -0.4 is 16.0 Å². The Morgan fingerprint density at radius 2 is 1.71 bits per heavy atom. The number of anilines is 1. The number of carbonyl (C=O) groups is 3. The summed E-state index contributed by atoms with van der Waals surface area (Å²) < 4.78 is 16.1. The van der Waals surface area contributed by atoms with Gasteiger partial charge in [0.05, 0.1) is 16.5 Å². The minimum atomic E-state index is -1.34. The lowest BCUT2D eigenvalue weighted by molar-refractivity contribution is -0.157. The smallest absolute Gasteiger partial charge is 0.309 e. The molecular weight excluding hydrogens is 582 g/mol. The summed E-state index contributed by atoms with van der Waals surface area (Å²) >= 11 is 12.6. The summed E-state index contributed by atoms with van der Waals surface area (Å²) in [4.78, 5) is 45.3. The molecule has 2 aromatic rings. The van der Waals surface area contributed by atoms with Gasteiger partial charge >= 0.3 is 5.97 Å². The number of fused-ring (bicyclic) bond motifs is 6. The van der Waals surface area contributed by atoms with Gasteiger partial charge in [-0.05, 0) is 69.1 Å². The van der Waals surface area contributed by atoms with E-state index in [1.165, 1.54) is 6.07 Å². The molecule has 1 aromatic heterocycles. The molecule has 0 unspecified atom stereocenters. The lowest BCUT2D eigenvalue weighted by atomic mass is 9.55. The molecule has 8 rings (SSSR count). The Labute approximate surface area is 253 Å². The average Bonchev–Trinajstić information content (AvgIpc) is 3.43. The molecular formula is C31H33Cl2FN4O4. The predicted molar refractivity (Wildman–Crippen MR) is 155 cm³/mol. The summed E-state index contributed by atoms with van der Waals surface area (Å²) in [6, 6.07) is 5.38. The minimum Gasteiger partial charge on any atom is -0.481 e. The summed E-state index contributed by atoms with van der Waals surface area (Å²) in [7, 11) is 0. The molecule has 1 aromatic carbocycles. The lowest BCUT2D eigenvalue weighted by Crippen LogP contribution is -2.62. The number of halogens is 3. The van der Waals surface area contributed by atoms with Crippen LogP contribution in [0.3, 0.4) is 0 Å². The van der Waals surface area contributed by atoms with E-state index >= 15 is 4.39 Å².